The molecule has 0 bridgehead atoms. The molecule has 1 aromatic rings. The summed E-state index contributed by atoms with van der Waals surface area (Å²) in [6, 6.07) is 9.00. The summed E-state index contributed by atoms with van der Waals surface area (Å²) in [7, 11) is 3.20. The number of amides is 1. The predicted molar refractivity (Wildman–Crippen MR) is 53.5 cm³/mol. The fourth-order valence-electron chi connectivity index (χ4n) is 0.881. The van der Waals surface area contributed by atoms with Crippen LogP contribution in [0.5, 0.6) is 0 Å². The van der Waals surface area contributed by atoms with E-state index in [2.05, 4.69) is 0 Å². The van der Waals surface area contributed by atoms with Crippen LogP contribution in [0.15, 0.2) is 30.3 Å². The molecule has 0 radical (unpaired) electrons. The molecular formula is C11H15NO. The zero-order valence-corrected chi connectivity index (χ0v) is 7.90. The first-order valence-corrected chi connectivity index (χ1v) is 4.14. The highest BCUT2D eigenvalue weighted by Crippen LogP contribution is 2.03. The molecule has 0 aliphatic rings. The van der Waals surface area contributed by atoms with Crippen LogP contribution in [0.2, 0.25) is 0 Å². The van der Waals surface area contributed by atoms with Crippen LogP contribution < -0.4 is 0 Å². The van der Waals surface area contributed by atoms with Gasteiger partial charge < -0.3 is 4.90 Å². The van der Waals surface area contributed by atoms with Gasteiger partial charge in [-0.2, -0.15) is 0 Å². The Morgan fingerprint density at radius 3 is 2.54 bits per heavy atom. The molecule has 1 amide bonds. The van der Waals surface area contributed by atoms with Gasteiger partial charge in [-0.05, 0) is 12.0 Å². The summed E-state index contributed by atoms with van der Waals surface area (Å²) in [4.78, 5) is 12.8. The molecule has 0 aromatic heterocycles. The van der Waals surface area contributed by atoms with Crippen molar-refractivity contribution in [1.82, 2.24) is 4.90 Å². The molecular weight excluding hydrogens is 162 g/mol. The Hall–Kier alpha value is -1.31. The Labute approximate surface area is 82.0 Å². The molecule has 0 saturated carbocycles. The molecule has 0 saturated heterocycles. The molecule has 0 aliphatic heterocycles. The van der Waals surface area contributed by atoms with Gasteiger partial charge in [0.15, 0.2) is 0 Å². The SMILES string of the molecule is [2H]C(C(=O)N(C)C)C([2H])c1ccccc1. The first-order chi connectivity index (χ1) is 7.04. The Morgan fingerprint density at radius 2 is 2.00 bits per heavy atom. The first-order valence-electron chi connectivity index (χ1n) is 5.30. The van der Waals surface area contributed by atoms with Gasteiger partial charge in [0.25, 0.3) is 0 Å². The molecule has 0 N–H and O–H groups in total. The minimum Gasteiger partial charge on any atom is -0.349 e. The zero-order chi connectivity index (χ0) is 11.4. The molecule has 2 nitrogen and oxygen atoms in total. The van der Waals surface area contributed by atoms with Crippen molar-refractivity contribution in [2.45, 2.75) is 12.8 Å². The lowest BCUT2D eigenvalue weighted by Gasteiger charge is -2.09. The first kappa shape index (κ1) is 7.13. The largest absolute Gasteiger partial charge is 0.349 e. The van der Waals surface area contributed by atoms with Crippen molar-refractivity contribution in [2.24, 2.45) is 0 Å². The van der Waals surface area contributed by atoms with Gasteiger partial charge in [0.2, 0.25) is 5.91 Å². The molecule has 0 aliphatic carbocycles. The van der Waals surface area contributed by atoms with Crippen molar-refractivity contribution in [3.05, 3.63) is 35.9 Å². The molecule has 2 atom stereocenters. The van der Waals surface area contributed by atoms with Gasteiger partial charge in [-0.15, -0.1) is 0 Å². The van der Waals surface area contributed by atoms with E-state index in [0.717, 1.165) is 0 Å². The van der Waals surface area contributed by atoms with Crippen molar-refractivity contribution in [3.8, 4) is 0 Å². The van der Waals surface area contributed by atoms with Crippen LogP contribution in [0.1, 0.15) is 14.7 Å². The molecule has 0 heterocycles. The van der Waals surface area contributed by atoms with Crippen LogP contribution in [0.3, 0.4) is 0 Å². The summed E-state index contributed by atoms with van der Waals surface area (Å²) in [5.41, 5.74) is 0.702. The molecule has 1 aromatic carbocycles. The standard InChI is InChI=1S/C11H15NO/c1-12(2)11(13)9-8-10-6-4-3-5-7-10/h3-7H,8-9H2,1-2H3/i8D,9D. The van der Waals surface area contributed by atoms with Gasteiger partial charge in [0, 0.05) is 23.2 Å². The van der Waals surface area contributed by atoms with Gasteiger partial charge in [-0.3, -0.25) is 4.79 Å². The Bertz CT molecular complexity index is 327. The maximum Gasteiger partial charge on any atom is 0.222 e. The zero-order valence-electron chi connectivity index (χ0n) is 9.90. The van der Waals surface area contributed by atoms with E-state index in [4.69, 9.17) is 2.74 Å². The van der Waals surface area contributed by atoms with E-state index in [1.54, 1.807) is 26.2 Å². The summed E-state index contributed by atoms with van der Waals surface area (Å²) in [6.45, 7) is 0. The summed E-state index contributed by atoms with van der Waals surface area (Å²) < 4.78 is 15.5. The Balaban J connectivity index is 2.77. The molecule has 13 heavy (non-hydrogen) atoms. The molecule has 70 valence electrons. The second-order valence-electron chi connectivity index (χ2n) is 2.98. The van der Waals surface area contributed by atoms with Crippen molar-refractivity contribution in [3.63, 3.8) is 0 Å². The molecule has 2 heteroatoms. The third kappa shape index (κ3) is 3.28. The maximum atomic E-state index is 11.5. The summed E-state index contributed by atoms with van der Waals surface area (Å²) in [5.74, 6) is -0.334. The van der Waals surface area contributed by atoms with E-state index >= 15 is 0 Å². The van der Waals surface area contributed by atoms with Gasteiger partial charge in [0.05, 0.1) is 0 Å². The smallest absolute Gasteiger partial charge is 0.222 e. The fraction of sp³-hybridized carbons (Fsp3) is 0.364. The lowest BCUT2D eigenvalue weighted by atomic mass is 10.1. The third-order valence-electron chi connectivity index (χ3n) is 1.66. The van der Waals surface area contributed by atoms with Crippen LogP contribution >= 0.6 is 0 Å². The van der Waals surface area contributed by atoms with Crippen LogP contribution in [-0.2, 0) is 11.2 Å². The number of rotatable bonds is 3. The van der Waals surface area contributed by atoms with Gasteiger partial charge in [-0.1, -0.05) is 30.3 Å². The lowest BCUT2D eigenvalue weighted by molar-refractivity contribution is -0.128. The quantitative estimate of drug-likeness (QED) is 0.691. The number of hydrogen-bond donors (Lipinski definition) is 0. The molecule has 0 fully saturated rings. The van der Waals surface area contributed by atoms with Gasteiger partial charge in [-0.25, -0.2) is 0 Å². The van der Waals surface area contributed by atoms with Crippen LogP contribution in [0, 0.1) is 0 Å². The maximum absolute atomic E-state index is 11.5. The highest BCUT2D eigenvalue weighted by Gasteiger charge is 2.03. The number of benzene rings is 1. The van der Waals surface area contributed by atoms with Gasteiger partial charge >= 0.3 is 0 Å². The molecule has 0 spiro atoms. The normalized spacial score (nSPS) is 16.8. The van der Waals surface area contributed by atoms with E-state index in [1.807, 2.05) is 18.2 Å². The summed E-state index contributed by atoms with van der Waals surface area (Å²) >= 11 is 0. The van der Waals surface area contributed by atoms with E-state index < -0.39 is 12.8 Å². The predicted octanol–water partition coefficient (Wildman–Crippen LogP) is 1.71. The van der Waals surface area contributed by atoms with E-state index in [0.29, 0.717) is 5.56 Å². The van der Waals surface area contributed by atoms with Crippen LogP contribution in [0.25, 0.3) is 0 Å². The Morgan fingerprint density at radius 1 is 1.38 bits per heavy atom. The summed E-state index contributed by atoms with van der Waals surface area (Å²) in [5, 5.41) is 0. The van der Waals surface area contributed by atoms with E-state index in [9.17, 15) is 4.79 Å². The van der Waals surface area contributed by atoms with Crippen LogP contribution in [0.4, 0.5) is 0 Å². The fourth-order valence-corrected chi connectivity index (χ4v) is 0.881. The average molecular weight is 179 g/mol. The average Bonchev–Trinajstić information content (AvgIpc) is 2.27. The molecule has 2 unspecified atom stereocenters. The second-order valence-corrected chi connectivity index (χ2v) is 2.98. The minimum absolute atomic E-state index is 0.334. The lowest BCUT2D eigenvalue weighted by Crippen LogP contribution is -2.21. The van der Waals surface area contributed by atoms with Gasteiger partial charge in [0.1, 0.15) is 0 Å². The second kappa shape index (κ2) is 4.65. The number of carbonyl (C=O) groups excluding carboxylic acids is 1. The van der Waals surface area contributed by atoms with Crippen molar-refractivity contribution < 1.29 is 7.54 Å². The van der Waals surface area contributed by atoms with Crippen molar-refractivity contribution in [1.29, 1.82) is 0 Å². The highest BCUT2D eigenvalue weighted by atomic mass is 16.2. The number of carbonyl (C=O) groups is 1. The van der Waals surface area contributed by atoms with Crippen LogP contribution in [-0.4, -0.2) is 24.9 Å². The minimum atomic E-state index is -1.05. The topological polar surface area (TPSA) is 20.3 Å². The van der Waals surface area contributed by atoms with Crippen molar-refractivity contribution in [2.75, 3.05) is 14.1 Å². The van der Waals surface area contributed by atoms with E-state index in [-0.39, 0.29) is 5.91 Å². The van der Waals surface area contributed by atoms with Crippen molar-refractivity contribution >= 4 is 5.91 Å². The van der Waals surface area contributed by atoms with E-state index in [1.165, 1.54) is 4.90 Å². The molecule has 1 rings (SSSR count). The Kier molecular flexibility index (Phi) is 2.55. The summed E-state index contributed by atoms with van der Waals surface area (Å²) in [6.07, 6.45) is -1.87. The highest BCUT2D eigenvalue weighted by molar-refractivity contribution is 5.75. The number of hydrogen-bond acceptors (Lipinski definition) is 1. The number of nitrogens with zero attached hydrogens (tertiary/aromatic N) is 1. The third-order valence-corrected chi connectivity index (χ3v) is 1.66. The number of aryl methyl sites for hydroxylation is 1. The monoisotopic (exact) mass is 179 g/mol.